The highest BCUT2D eigenvalue weighted by Gasteiger charge is 2.13. The minimum Gasteiger partial charge on any atom is -0.507 e. The Morgan fingerprint density at radius 3 is 2.81 bits per heavy atom. The second-order valence-corrected chi connectivity index (χ2v) is 5.35. The van der Waals surface area contributed by atoms with Crippen LogP contribution in [0.2, 0.25) is 0 Å². The number of aromatic amines is 1. The van der Waals surface area contributed by atoms with E-state index in [0.717, 1.165) is 34.1 Å². The molecule has 1 heterocycles. The highest BCUT2D eigenvalue weighted by atomic mass is 16.3. The average molecular weight is 281 g/mol. The molecule has 0 saturated carbocycles. The SMILES string of the molecule is Cc1[nH]ncc1CNC(C)c1ccc2ccccc2c1O. The molecule has 0 bridgehead atoms. The molecule has 2 aromatic carbocycles. The van der Waals surface area contributed by atoms with Gasteiger partial charge in [-0.3, -0.25) is 5.10 Å². The highest BCUT2D eigenvalue weighted by Crippen LogP contribution is 2.32. The first kappa shape index (κ1) is 13.6. The Labute approximate surface area is 123 Å². The summed E-state index contributed by atoms with van der Waals surface area (Å²) in [6.45, 7) is 4.77. The highest BCUT2D eigenvalue weighted by molar-refractivity contribution is 5.89. The number of nitrogens with one attached hydrogen (secondary N) is 2. The van der Waals surface area contributed by atoms with E-state index >= 15 is 0 Å². The molecule has 3 N–H and O–H groups in total. The summed E-state index contributed by atoms with van der Waals surface area (Å²) in [6.07, 6.45) is 1.83. The summed E-state index contributed by atoms with van der Waals surface area (Å²) in [4.78, 5) is 0. The van der Waals surface area contributed by atoms with E-state index in [9.17, 15) is 5.11 Å². The molecule has 108 valence electrons. The number of aromatic hydroxyl groups is 1. The summed E-state index contributed by atoms with van der Waals surface area (Å²) in [6, 6.07) is 12.0. The molecule has 3 aromatic rings. The maximum Gasteiger partial charge on any atom is 0.128 e. The first-order valence-corrected chi connectivity index (χ1v) is 7.09. The van der Waals surface area contributed by atoms with Crippen LogP contribution in [0.15, 0.2) is 42.6 Å². The predicted octanol–water partition coefficient (Wildman–Crippen LogP) is 3.43. The number of phenolic OH excluding ortho intramolecular Hbond substituents is 1. The van der Waals surface area contributed by atoms with Crippen molar-refractivity contribution in [3.63, 3.8) is 0 Å². The fourth-order valence-electron chi connectivity index (χ4n) is 2.55. The molecular weight excluding hydrogens is 262 g/mol. The van der Waals surface area contributed by atoms with Gasteiger partial charge in [0.05, 0.1) is 6.20 Å². The summed E-state index contributed by atoms with van der Waals surface area (Å²) >= 11 is 0. The number of benzene rings is 2. The minimum atomic E-state index is 0.0592. The largest absolute Gasteiger partial charge is 0.507 e. The first-order chi connectivity index (χ1) is 10.2. The second kappa shape index (κ2) is 5.58. The van der Waals surface area contributed by atoms with E-state index in [1.54, 1.807) is 0 Å². The molecule has 3 rings (SSSR count). The zero-order chi connectivity index (χ0) is 14.8. The van der Waals surface area contributed by atoms with Crippen LogP contribution in [0.4, 0.5) is 0 Å². The quantitative estimate of drug-likeness (QED) is 0.686. The normalized spacial score (nSPS) is 12.7. The Kier molecular flexibility index (Phi) is 3.62. The minimum absolute atomic E-state index is 0.0592. The third-order valence-electron chi connectivity index (χ3n) is 3.93. The second-order valence-electron chi connectivity index (χ2n) is 5.35. The molecule has 0 aliphatic rings. The van der Waals surface area contributed by atoms with Crippen molar-refractivity contribution in [3.8, 4) is 5.75 Å². The molecule has 0 aliphatic carbocycles. The Morgan fingerprint density at radius 2 is 2.05 bits per heavy atom. The smallest absolute Gasteiger partial charge is 0.128 e. The zero-order valence-electron chi connectivity index (χ0n) is 12.2. The number of hydrogen-bond donors (Lipinski definition) is 3. The number of aromatic nitrogens is 2. The zero-order valence-corrected chi connectivity index (χ0v) is 12.2. The molecule has 21 heavy (non-hydrogen) atoms. The van der Waals surface area contributed by atoms with Crippen molar-refractivity contribution in [3.05, 3.63) is 59.4 Å². The molecule has 0 saturated heterocycles. The Bertz CT molecular complexity index is 764. The van der Waals surface area contributed by atoms with Crippen LogP contribution in [-0.4, -0.2) is 15.3 Å². The van der Waals surface area contributed by atoms with Gasteiger partial charge in [0.1, 0.15) is 5.75 Å². The topological polar surface area (TPSA) is 60.9 Å². The molecule has 0 amide bonds. The van der Waals surface area contributed by atoms with Gasteiger partial charge >= 0.3 is 0 Å². The molecule has 0 aliphatic heterocycles. The van der Waals surface area contributed by atoms with Gasteiger partial charge in [-0.15, -0.1) is 0 Å². The summed E-state index contributed by atoms with van der Waals surface area (Å²) < 4.78 is 0. The maximum absolute atomic E-state index is 10.5. The number of phenols is 1. The molecule has 1 unspecified atom stereocenters. The molecule has 4 nitrogen and oxygen atoms in total. The van der Waals surface area contributed by atoms with Gasteiger partial charge in [-0.05, 0) is 19.2 Å². The number of fused-ring (bicyclic) bond motifs is 1. The monoisotopic (exact) mass is 281 g/mol. The number of aryl methyl sites for hydroxylation is 1. The molecule has 0 radical (unpaired) electrons. The van der Waals surface area contributed by atoms with Gasteiger partial charge in [0, 0.05) is 34.8 Å². The molecular formula is C17H19N3O. The van der Waals surface area contributed by atoms with Crippen LogP contribution in [0, 0.1) is 6.92 Å². The molecule has 4 heteroatoms. The van der Waals surface area contributed by atoms with Crippen LogP contribution in [0.1, 0.15) is 29.8 Å². The van der Waals surface area contributed by atoms with Crippen LogP contribution >= 0.6 is 0 Å². The Morgan fingerprint density at radius 1 is 1.24 bits per heavy atom. The maximum atomic E-state index is 10.5. The van der Waals surface area contributed by atoms with Crippen LogP contribution in [-0.2, 0) is 6.54 Å². The van der Waals surface area contributed by atoms with Crippen LogP contribution in [0.3, 0.4) is 0 Å². The van der Waals surface area contributed by atoms with E-state index in [0.29, 0.717) is 5.75 Å². The fourth-order valence-corrected chi connectivity index (χ4v) is 2.55. The summed E-state index contributed by atoms with van der Waals surface area (Å²) in [5, 5.41) is 22.8. The van der Waals surface area contributed by atoms with E-state index in [4.69, 9.17) is 0 Å². The molecule has 0 spiro atoms. The van der Waals surface area contributed by atoms with E-state index in [-0.39, 0.29) is 6.04 Å². The lowest BCUT2D eigenvalue weighted by Crippen LogP contribution is -2.18. The summed E-state index contributed by atoms with van der Waals surface area (Å²) in [5.74, 6) is 0.358. The summed E-state index contributed by atoms with van der Waals surface area (Å²) in [5.41, 5.74) is 3.12. The van der Waals surface area contributed by atoms with E-state index in [1.165, 1.54) is 0 Å². The molecule has 0 fully saturated rings. The van der Waals surface area contributed by atoms with Crippen molar-refractivity contribution in [2.45, 2.75) is 26.4 Å². The van der Waals surface area contributed by atoms with E-state index in [1.807, 2.05) is 49.5 Å². The van der Waals surface area contributed by atoms with E-state index in [2.05, 4.69) is 22.4 Å². The lowest BCUT2D eigenvalue weighted by molar-refractivity contribution is 0.458. The molecule has 1 atom stereocenters. The van der Waals surface area contributed by atoms with Crippen LogP contribution in [0.5, 0.6) is 5.75 Å². The third-order valence-corrected chi connectivity index (χ3v) is 3.93. The van der Waals surface area contributed by atoms with Gasteiger partial charge < -0.3 is 10.4 Å². The number of hydrogen-bond acceptors (Lipinski definition) is 3. The number of nitrogens with zero attached hydrogens (tertiary/aromatic N) is 1. The lowest BCUT2D eigenvalue weighted by atomic mass is 10.0. The number of rotatable bonds is 4. The van der Waals surface area contributed by atoms with Gasteiger partial charge in [0.25, 0.3) is 0 Å². The number of H-pyrrole nitrogens is 1. The van der Waals surface area contributed by atoms with Crippen molar-refractivity contribution < 1.29 is 5.11 Å². The predicted molar refractivity (Wildman–Crippen MR) is 84.2 cm³/mol. The van der Waals surface area contributed by atoms with Gasteiger partial charge in [-0.1, -0.05) is 36.4 Å². The van der Waals surface area contributed by atoms with Crippen molar-refractivity contribution in [2.75, 3.05) is 0 Å². The molecule has 1 aromatic heterocycles. The third kappa shape index (κ3) is 2.62. The van der Waals surface area contributed by atoms with Crippen LogP contribution < -0.4 is 5.32 Å². The first-order valence-electron chi connectivity index (χ1n) is 7.09. The summed E-state index contributed by atoms with van der Waals surface area (Å²) in [7, 11) is 0. The van der Waals surface area contributed by atoms with Gasteiger partial charge in [-0.2, -0.15) is 5.10 Å². The lowest BCUT2D eigenvalue weighted by Gasteiger charge is -2.16. The standard InChI is InChI=1S/C17H19N3O/c1-11-14(10-19-20-11)9-18-12(2)15-8-7-13-5-3-4-6-16(13)17(15)21/h3-8,10,12,18,21H,9H2,1-2H3,(H,19,20). The Balaban J connectivity index is 1.83. The van der Waals surface area contributed by atoms with Crippen LogP contribution in [0.25, 0.3) is 10.8 Å². The van der Waals surface area contributed by atoms with Gasteiger partial charge in [0.2, 0.25) is 0 Å². The van der Waals surface area contributed by atoms with Crippen molar-refractivity contribution in [2.24, 2.45) is 0 Å². The van der Waals surface area contributed by atoms with Crippen molar-refractivity contribution in [1.29, 1.82) is 0 Å². The average Bonchev–Trinajstić information content (AvgIpc) is 2.91. The van der Waals surface area contributed by atoms with E-state index < -0.39 is 0 Å². The van der Waals surface area contributed by atoms with Gasteiger partial charge in [0.15, 0.2) is 0 Å². The van der Waals surface area contributed by atoms with Gasteiger partial charge in [-0.25, -0.2) is 0 Å². The fraction of sp³-hybridized carbons (Fsp3) is 0.235. The van der Waals surface area contributed by atoms with Crippen molar-refractivity contribution >= 4 is 10.8 Å². The van der Waals surface area contributed by atoms with Crippen molar-refractivity contribution in [1.82, 2.24) is 15.5 Å². The Hall–Kier alpha value is -2.33.